The smallest absolute Gasteiger partial charge is 0.222 e. The van der Waals surface area contributed by atoms with E-state index in [1.807, 2.05) is 48.5 Å². The number of nitrogen functional groups attached to an aromatic ring is 1. The molecule has 0 unspecified atom stereocenters. The third kappa shape index (κ3) is 2.55. The summed E-state index contributed by atoms with van der Waals surface area (Å²) in [6.07, 6.45) is 1.71. The monoisotopic (exact) mass is 251 g/mol. The lowest BCUT2D eigenvalue weighted by Crippen LogP contribution is -1.92. The third-order valence-corrected chi connectivity index (χ3v) is 2.71. The van der Waals surface area contributed by atoms with Gasteiger partial charge in [0.1, 0.15) is 0 Å². The van der Waals surface area contributed by atoms with E-state index in [-0.39, 0.29) is 0 Å². The van der Waals surface area contributed by atoms with E-state index in [0.29, 0.717) is 5.95 Å². The van der Waals surface area contributed by atoms with Gasteiger partial charge in [0.2, 0.25) is 5.95 Å². The Kier molecular flexibility index (Phi) is 2.86. The third-order valence-electron chi connectivity index (χ3n) is 2.71. The molecular formula is C14H13N5. The van der Waals surface area contributed by atoms with Crippen molar-refractivity contribution in [1.82, 2.24) is 9.97 Å². The molecule has 3 aromatic rings. The number of benzene rings is 2. The maximum atomic E-state index is 5.61. The highest BCUT2D eigenvalue weighted by Gasteiger charge is 1.99. The van der Waals surface area contributed by atoms with E-state index in [0.717, 1.165) is 22.3 Å². The van der Waals surface area contributed by atoms with Crippen LogP contribution in [0.5, 0.6) is 0 Å². The number of hydrogen-bond donors (Lipinski definition) is 3. The summed E-state index contributed by atoms with van der Waals surface area (Å²) in [6.45, 7) is 0. The number of nitrogens with one attached hydrogen (secondary N) is 2. The van der Waals surface area contributed by atoms with E-state index >= 15 is 0 Å². The van der Waals surface area contributed by atoms with Crippen molar-refractivity contribution in [3.63, 3.8) is 0 Å². The molecule has 5 nitrogen and oxygen atoms in total. The zero-order chi connectivity index (χ0) is 13.1. The van der Waals surface area contributed by atoms with E-state index in [1.54, 1.807) is 6.21 Å². The summed E-state index contributed by atoms with van der Waals surface area (Å²) < 4.78 is 0. The Morgan fingerprint density at radius 1 is 1.11 bits per heavy atom. The Morgan fingerprint density at radius 2 is 1.89 bits per heavy atom. The highest BCUT2D eigenvalue weighted by Crippen LogP contribution is 2.13. The van der Waals surface area contributed by atoms with Crippen LogP contribution >= 0.6 is 0 Å². The van der Waals surface area contributed by atoms with Crippen LogP contribution in [-0.4, -0.2) is 16.2 Å². The van der Waals surface area contributed by atoms with Gasteiger partial charge in [0.15, 0.2) is 0 Å². The fourth-order valence-corrected chi connectivity index (χ4v) is 1.76. The Hall–Kier alpha value is -2.82. The first-order valence-electron chi connectivity index (χ1n) is 5.91. The quantitative estimate of drug-likeness (QED) is 0.380. The normalized spacial score (nSPS) is 11.2. The van der Waals surface area contributed by atoms with Crippen molar-refractivity contribution in [2.75, 3.05) is 11.2 Å². The molecule has 94 valence electrons. The van der Waals surface area contributed by atoms with Gasteiger partial charge in [-0.05, 0) is 29.8 Å². The second kappa shape index (κ2) is 4.81. The highest BCUT2D eigenvalue weighted by atomic mass is 15.3. The highest BCUT2D eigenvalue weighted by molar-refractivity contribution is 5.81. The predicted octanol–water partition coefficient (Wildman–Crippen LogP) is 2.59. The number of fused-ring (bicyclic) bond motifs is 1. The molecule has 0 saturated carbocycles. The lowest BCUT2D eigenvalue weighted by Gasteiger charge is -1.95. The molecule has 0 saturated heterocycles. The van der Waals surface area contributed by atoms with Crippen molar-refractivity contribution in [2.45, 2.75) is 0 Å². The zero-order valence-electron chi connectivity index (χ0n) is 10.2. The van der Waals surface area contributed by atoms with Crippen LogP contribution in [0.15, 0.2) is 53.6 Å². The van der Waals surface area contributed by atoms with E-state index < -0.39 is 0 Å². The van der Waals surface area contributed by atoms with Crippen LogP contribution in [0.25, 0.3) is 11.0 Å². The van der Waals surface area contributed by atoms with Gasteiger partial charge in [-0.25, -0.2) is 10.4 Å². The van der Waals surface area contributed by atoms with Crippen molar-refractivity contribution in [1.29, 1.82) is 0 Å². The van der Waals surface area contributed by atoms with Crippen molar-refractivity contribution >= 4 is 28.9 Å². The number of nitrogens with zero attached hydrogens (tertiary/aromatic N) is 2. The van der Waals surface area contributed by atoms with Crippen molar-refractivity contribution in [3.05, 3.63) is 54.1 Å². The van der Waals surface area contributed by atoms with Gasteiger partial charge in [0.05, 0.1) is 17.2 Å². The fraction of sp³-hybridized carbons (Fsp3) is 0. The second-order valence-corrected chi connectivity index (χ2v) is 4.14. The molecule has 0 aliphatic rings. The molecule has 0 aliphatic carbocycles. The molecule has 0 aliphatic heterocycles. The minimum atomic E-state index is 0.618. The van der Waals surface area contributed by atoms with Gasteiger partial charge < -0.3 is 10.7 Å². The van der Waals surface area contributed by atoms with Crippen LogP contribution in [0.3, 0.4) is 0 Å². The van der Waals surface area contributed by atoms with E-state index in [1.165, 1.54) is 0 Å². The van der Waals surface area contributed by atoms with E-state index in [4.69, 9.17) is 5.73 Å². The fourth-order valence-electron chi connectivity index (χ4n) is 1.76. The second-order valence-electron chi connectivity index (χ2n) is 4.14. The minimum Gasteiger partial charge on any atom is -0.399 e. The molecule has 3 rings (SSSR count). The first kappa shape index (κ1) is 11.3. The number of hydrogen-bond acceptors (Lipinski definition) is 4. The molecule has 0 fully saturated rings. The molecule has 1 heterocycles. The number of imidazole rings is 1. The number of hydrazone groups is 1. The first-order chi connectivity index (χ1) is 9.31. The number of rotatable bonds is 3. The molecule has 4 N–H and O–H groups in total. The summed E-state index contributed by atoms with van der Waals surface area (Å²) in [7, 11) is 0. The van der Waals surface area contributed by atoms with Crippen LogP contribution < -0.4 is 11.2 Å². The summed E-state index contributed by atoms with van der Waals surface area (Å²) in [4.78, 5) is 7.49. The molecular weight excluding hydrogens is 238 g/mol. The molecule has 5 heteroatoms. The van der Waals surface area contributed by atoms with Gasteiger partial charge in [0.25, 0.3) is 0 Å². The number of aromatic amines is 1. The van der Waals surface area contributed by atoms with Gasteiger partial charge in [-0.1, -0.05) is 24.3 Å². The standard InChI is InChI=1S/C14H13N5/c15-11-7-5-10(6-8-11)9-16-19-14-17-12-3-1-2-4-13(12)18-14/h1-9H,15H2,(H2,17,18,19). The molecule has 0 amide bonds. The summed E-state index contributed by atoms with van der Waals surface area (Å²) in [5.41, 5.74) is 12.1. The van der Waals surface area contributed by atoms with E-state index in [2.05, 4.69) is 20.5 Å². The molecule has 0 atom stereocenters. The van der Waals surface area contributed by atoms with Crippen molar-refractivity contribution < 1.29 is 0 Å². The van der Waals surface area contributed by atoms with Crippen LogP contribution in [0.2, 0.25) is 0 Å². The number of H-pyrrole nitrogens is 1. The van der Waals surface area contributed by atoms with Crippen molar-refractivity contribution in [3.8, 4) is 0 Å². The molecule has 2 aromatic carbocycles. The largest absolute Gasteiger partial charge is 0.399 e. The molecule has 0 bridgehead atoms. The van der Waals surface area contributed by atoms with Gasteiger partial charge >= 0.3 is 0 Å². The average molecular weight is 251 g/mol. The van der Waals surface area contributed by atoms with Crippen LogP contribution in [0, 0.1) is 0 Å². The number of anilines is 2. The summed E-state index contributed by atoms with van der Waals surface area (Å²) in [5.74, 6) is 0.618. The summed E-state index contributed by atoms with van der Waals surface area (Å²) in [5, 5.41) is 4.13. The molecule has 1 aromatic heterocycles. The Morgan fingerprint density at radius 3 is 2.68 bits per heavy atom. The van der Waals surface area contributed by atoms with Gasteiger partial charge in [0, 0.05) is 5.69 Å². The molecule has 0 spiro atoms. The maximum absolute atomic E-state index is 5.61. The Bertz CT molecular complexity index is 679. The molecule has 19 heavy (non-hydrogen) atoms. The summed E-state index contributed by atoms with van der Waals surface area (Å²) >= 11 is 0. The lowest BCUT2D eigenvalue weighted by atomic mass is 10.2. The average Bonchev–Trinajstić information content (AvgIpc) is 2.83. The SMILES string of the molecule is Nc1ccc(C=NNc2nc3ccccc3[nH]2)cc1. The van der Waals surface area contributed by atoms with Crippen LogP contribution in [0.1, 0.15) is 5.56 Å². The predicted molar refractivity (Wildman–Crippen MR) is 78.2 cm³/mol. The summed E-state index contributed by atoms with van der Waals surface area (Å²) in [6, 6.07) is 15.3. The van der Waals surface area contributed by atoms with Crippen molar-refractivity contribution in [2.24, 2.45) is 5.10 Å². The number of aromatic nitrogens is 2. The van der Waals surface area contributed by atoms with Gasteiger partial charge in [-0.15, -0.1) is 0 Å². The van der Waals surface area contributed by atoms with E-state index in [9.17, 15) is 0 Å². The minimum absolute atomic E-state index is 0.618. The number of para-hydroxylation sites is 2. The Labute approximate surface area is 110 Å². The zero-order valence-corrected chi connectivity index (χ0v) is 10.2. The van der Waals surface area contributed by atoms with Crippen LogP contribution in [0.4, 0.5) is 11.6 Å². The first-order valence-corrected chi connectivity index (χ1v) is 5.91. The topological polar surface area (TPSA) is 79.1 Å². The maximum Gasteiger partial charge on any atom is 0.222 e. The van der Waals surface area contributed by atoms with Gasteiger partial charge in [-0.3, -0.25) is 0 Å². The Balaban J connectivity index is 1.73. The van der Waals surface area contributed by atoms with Crippen LogP contribution in [-0.2, 0) is 0 Å². The van der Waals surface area contributed by atoms with Gasteiger partial charge in [-0.2, -0.15) is 5.10 Å². The number of nitrogens with two attached hydrogens (primary N) is 1. The lowest BCUT2D eigenvalue weighted by molar-refractivity contribution is 1.21. The molecule has 0 radical (unpaired) electrons.